The number of hydrogen-bond acceptors (Lipinski definition) is 7. The number of para-hydroxylation sites is 2. The molecule has 4 atom stereocenters. The summed E-state index contributed by atoms with van der Waals surface area (Å²) in [6, 6.07) is 22.5. The first-order valence-corrected chi connectivity index (χ1v) is 17.2. The largest absolute Gasteiger partial charge is 0.397 e. The van der Waals surface area contributed by atoms with Crippen molar-refractivity contribution in [2.45, 2.75) is 39.5 Å². The summed E-state index contributed by atoms with van der Waals surface area (Å²) in [6.07, 6.45) is 7.64. The molecule has 2 aromatic heterocycles. The molecule has 3 N–H and O–H groups in total. The van der Waals surface area contributed by atoms with Gasteiger partial charge in [-0.15, -0.1) is 0 Å². The first-order valence-electron chi connectivity index (χ1n) is 15.7. The molecule has 0 spiro atoms. The minimum absolute atomic E-state index is 0.0500. The lowest BCUT2D eigenvalue weighted by Gasteiger charge is -2.22. The molecule has 11 heteroatoms. The fourth-order valence-corrected chi connectivity index (χ4v) is 5.97. The zero-order valence-corrected chi connectivity index (χ0v) is 30.6. The van der Waals surface area contributed by atoms with E-state index in [4.69, 9.17) is 52.1 Å². The second kappa shape index (κ2) is 18.1. The molecular weight excluding hydrogens is 698 g/mol. The van der Waals surface area contributed by atoms with Gasteiger partial charge in [0.05, 0.1) is 22.4 Å². The van der Waals surface area contributed by atoms with Crippen molar-refractivity contribution in [2.24, 2.45) is 11.8 Å². The van der Waals surface area contributed by atoms with Crippen molar-refractivity contribution < 1.29 is 4.79 Å². The van der Waals surface area contributed by atoms with E-state index in [1.165, 1.54) is 0 Å². The molecule has 4 unspecified atom stereocenters. The van der Waals surface area contributed by atoms with Crippen LogP contribution < -0.4 is 11.1 Å². The van der Waals surface area contributed by atoms with E-state index in [-0.39, 0.29) is 17.8 Å². The molecule has 0 bridgehead atoms. The van der Waals surface area contributed by atoms with E-state index >= 15 is 0 Å². The highest BCUT2D eigenvalue weighted by molar-refractivity contribution is 6.34. The van der Waals surface area contributed by atoms with Gasteiger partial charge >= 0.3 is 0 Å². The lowest BCUT2D eigenvalue weighted by molar-refractivity contribution is -0.111. The van der Waals surface area contributed by atoms with Crippen LogP contribution in [-0.4, -0.2) is 32.8 Å². The van der Waals surface area contributed by atoms with Gasteiger partial charge in [-0.1, -0.05) is 86.2 Å². The summed E-state index contributed by atoms with van der Waals surface area (Å²) < 4.78 is 0. The van der Waals surface area contributed by atoms with E-state index in [0.29, 0.717) is 26.7 Å². The van der Waals surface area contributed by atoms with Gasteiger partial charge in [-0.3, -0.25) is 19.9 Å². The molecule has 0 aliphatic carbocycles. The quantitative estimate of drug-likeness (QED) is 0.118. The Morgan fingerprint density at radius 2 is 1.18 bits per heavy atom. The lowest BCUT2D eigenvalue weighted by atomic mass is 9.89. The maximum atomic E-state index is 10.6. The van der Waals surface area contributed by atoms with Gasteiger partial charge in [0.25, 0.3) is 0 Å². The fraction of sp³-hybridized carbons (Fsp3) is 0.237. The predicted molar refractivity (Wildman–Crippen MR) is 206 cm³/mol. The van der Waals surface area contributed by atoms with Crippen LogP contribution in [0.15, 0.2) is 97.6 Å². The molecule has 0 saturated heterocycles. The normalized spacial score (nSPS) is 13.2. The second-order valence-corrected chi connectivity index (χ2v) is 13.5. The molecule has 0 aliphatic heterocycles. The van der Waals surface area contributed by atoms with Crippen molar-refractivity contribution in [3.63, 3.8) is 0 Å². The summed E-state index contributed by atoms with van der Waals surface area (Å²) >= 11 is 24.3. The smallest absolute Gasteiger partial charge is 0.123 e. The Balaban J connectivity index is 0.000000183. The standard InChI is InChI=1S/C19H19Cl2N3.C11H12Cl2O.C8H7N3/c1-12(13(2)15-10-14(20)6-7-16(15)21)11-24-18-5-3-4-17-19(18)23-9-8-22-17;1-7(6-14)8(2)10-5-9(12)3-4-11(10)13;9-6-2-1-3-7-8(6)11-5-4-10-7/h3-10,12-13,24H,11H2,1-2H3;3-8H,1-2H3;1-5H,9H2. The number of aromatic nitrogens is 4. The van der Waals surface area contributed by atoms with Gasteiger partial charge in [-0.25, -0.2) is 0 Å². The average molecular weight is 737 g/mol. The number of rotatable bonds is 8. The van der Waals surface area contributed by atoms with Crippen LogP contribution in [0.2, 0.25) is 20.1 Å². The molecule has 6 rings (SSSR count). The Labute approximate surface area is 307 Å². The van der Waals surface area contributed by atoms with Gasteiger partial charge in [0, 0.05) is 57.3 Å². The van der Waals surface area contributed by atoms with E-state index in [2.05, 4.69) is 39.1 Å². The van der Waals surface area contributed by atoms with Crippen molar-refractivity contribution in [2.75, 3.05) is 17.6 Å². The fourth-order valence-electron chi connectivity index (χ4n) is 5.03. The van der Waals surface area contributed by atoms with Crippen LogP contribution in [0.5, 0.6) is 0 Å². The van der Waals surface area contributed by atoms with Gasteiger partial charge in [0.2, 0.25) is 0 Å². The lowest BCUT2D eigenvalue weighted by Crippen LogP contribution is -2.17. The summed E-state index contributed by atoms with van der Waals surface area (Å²) in [5, 5.41) is 6.28. The molecule has 0 aliphatic rings. The summed E-state index contributed by atoms with van der Waals surface area (Å²) in [6.45, 7) is 9.02. The molecule has 0 radical (unpaired) electrons. The van der Waals surface area contributed by atoms with Crippen molar-refractivity contribution >= 4 is 86.1 Å². The van der Waals surface area contributed by atoms with E-state index < -0.39 is 0 Å². The Hall–Kier alpha value is -4.01. The summed E-state index contributed by atoms with van der Waals surface area (Å²) in [4.78, 5) is 27.6. The van der Waals surface area contributed by atoms with E-state index in [9.17, 15) is 4.79 Å². The van der Waals surface area contributed by atoms with Gasteiger partial charge < -0.3 is 15.8 Å². The van der Waals surface area contributed by atoms with Crippen LogP contribution in [-0.2, 0) is 4.79 Å². The molecule has 2 heterocycles. The number of carbonyl (C=O) groups excluding carboxylic acids is 1. The molecule has 7 nitrogen and oxygen atoms in total. The number of carbonyl (C=O) groups is 1. The first-order chi connectivity index (χ1) is 23.5. The molecule has 0 fully saturated rings. The van der Waals surface area contributed by atoms with Crippen LogP contribution in [0.3, 0.4) is 0 Å². The summed E-state index contributed by atoms with van der Waals surface area (Å²) in [5.41, 5.74) is 12.7. The van der Waals surface area contributed by atoms with Gasteiger partial charge in [0.1, 0.15) is 17.3 Å². The SMILES string of the molecule is CC(C=O)C(C)c1cc(Cl)ccc1Cl.CC(CNc1cccc2nccnc12)C(C)c1cc(Cl)ccc1Cl.Nc1cccc2nccnc12. The number of halogens is 4. The van der Waals surface area contributed by atoms with Crippen LogP contribution >= 0.6 is 46.4 Å². The maximum Gasteiger partial charge on any atom is 0.123 e. The highest BCUT2D eigenvalue weighted by Gasteiger charge is 2.18. The topological polar surface area (TPSA) is 107 Å². The Morgan fingerprint density at radius 1 is 0.673 bits per heavy atom. The number of nitrogens with one attached hydrogen (secondary N) is 1. The number of nitrogens with two attached hydrogens (primary N) is 1. The molecule has 0 saturated carbocycles. The maximum absolute atomic E-state index is 10.6. The number of nitrogens with zero attached hydrogens (tertiary/aromatic N) is 4. The van der Waals surface area contributed by atoms with Gasteiger partial charge in [0.15, 0.2) is 0 Å². The predicted octanol–water partition coefficient (Wildman–Crippen LogP) is 10.9. The van der Waals surface area contributed by atoms with Crippen LogP contribution in [0.4, 0.5) is 11.4 Å². The van der Waals surface area contributed by atoms with E-state index in [0.717, 1.165) is 56.7 Å². The second-order valence-electron chi connectivity index (χ2n) is 11.8. The average Bonchev–Trinajstić information content (AvgIpc) is 3.12. The zero-order chi connectivity index (χ0) is 35.5. The third-order valence-corrected chi connectivity index (χ3v) is 9.56. The van der Waals surface area contributed by atoms with Crippen molar-refractivity contribution in [3.05, 3.63) is 129 Å². The zero-order valence-electron chi connectivity index (χ0n) is 27.6. The number of nitrogen functional groups attached to an aromatic ring is 1. The molecule has 0 amide bonds. The van der Waals surface area contributed by atoms with Gasteiger partial charge in [-0.2, -0.15) is 0 Å². The van der Waals surface area contributed by atoms with Crippen LogP contribution in [0, 0.1) is 11.8 Å². The number of anilines is 2. The minimum atomic E-state index is -0.0500. The third-order valence-electron chi connectivity index (χ3n) is 8.40. The van der Waals surface area contributed by atoms with Crippen LogP contribution in [0.1, 0.15) is 50.7 Å². The van der Waals surface area contributed by atoms with Crippen molar-refractivity contribution in [3.8, 4) is 0 Å². The molecule has 4 aromatic carbocycles. The molecular formula is C38H38Cl4N6O. The minimum Gasteiger partial charge on any atom is -0.397 e. The van der Waals surface area contributed by atoms with Crippen molar-refractivity contribution in [1.82, 2.24) is 19.9 Å². The Bertz CT molecular complexity index is 2000. The Kier molecular flexibility index (Phi) is 14.0. The monoisotopic (exact) mass is 734 g/mol. The van der Waals surface area contributed by atoms with Gasteiger partial charge in [-0.05, 0) is 89.5 Å². The number of aldehydes is 1. The highest BCUT2D eigenvalue weighted by atomic mass is 35.5. The highest BCUT2D eigenvalue weighted by Crippen LogP contribution is 2.33. The number of fused-ring (bicyclic) bond motifs is 2. The van der Waals surface area contributed by atoms with E-state index in [1.54, 1.807) is 36.9 Å². The summed E-state index contributed by atoms with van der Waals surface area (Å²) in [7, 11) is 0. The third kappa shape index (κ3) is 10.2. The van der Waals surface area contributed by atoms with Crippen LogP contribution in [0.25, 0.3) is 22.1 Å². The number of hydrogen-bond donors (Lipinski definition) is 2. The number of benzene rings is 4. The summed E-state index contributed by atoms with van der Waals surface area (Å²) in [5.74, 6) is 0.697. The first kappa shape index (κ1) is 37.8. The molecule has 254 valence electrons. The van der Waals surface area contributed by atoms with Crippen molar-refractivity contribution in [1.29, 1.82) is 0 Å². The molecule has 49 heavy (non-hydrogen) atoms. The van der Waals surface area contributed by atoms with E-state index in [1.807, 2.05) is 74.5 Å². The molecule has 6 aromatic rings. The Morgan fingerprint density at radius 3 is 1.76 bits per heavy atom.